The van der Waals surface area contributed by atoms with Crippen LogP contribution in [0.5, 0.6) is 5.75 Å². The highest BCUT2D eigenvalue weighted by Crippen LogP contribution is 2.27. The number of halogens is 1. The van der Waals surface area contributed by atoms with Crippen molar-refractivity contribution >= 4 is 18.1 Å². The van der Waals surface area contributed by atoms with E-state index in [0.29, 0.717) is 0 Å². The molecule has 0 unspecified atom stereocenters. The van der Waals surface area contributed by atoms with Gasteiger partial charge < -0.3 is 10.2 Å². The number of hydrogen-bond donors (Lipinski definition) is 2. The number of ether oxygens (including phenoxy) is 1. The maximum atomic E-state index is 5.37. The van der Waals surface area contributed by atoms with Gasteiger partial charge in [0, 0.05) is 0 Å². The molecule has 74 valence electrons. The number of hydrogen-bond acceptors (Lipinski definition) is 3. The predicted molar refractivity (Wildman–Crippen MR) is 57.4 cm³/mol. The molecule has 0 saturated heterocycles. The van der Waals surface area contributed by atoms with Gasteiger partial charge in [-0.05, 0) is 18.1 Å². The number of nitrogens with one attached hydrogen (secondary N) is 1. The summed E-state index contributed by atoms with van der Waals surface area (Å²) in [6.07, 6.45) is 0.941. The molecular weight excluding hydrogens is 188 g/mol. The third-order valence-electron chi connectivity index (χ3n) is 1.86. The summed E-state index contributed by atoms with van der Waals surface area (Å²) in [6.45, 7) is 2.08. The van der Waals surface area contributed by atoms with Crippen LogP contribution in [0, 0.1) is 0 Å². The van der Waals surface area contributed by atoms with E-state index in [0.717, 1.165) is 23.4 Å². The minimum absolute atomic E-state index is 0. The fourth-order valence-corrected chi connectivity index (χ4v) is 1.21. The Bertz CT molecular complexity index is 244. The van der Waals surface area contributed by atoms with Crippen LogP contribution in [0.15, 0.2) is 18.2 Å². The topological polar surface area (TPSA) is 47.3 Å². The molecule has 0 heterocycles. The van der Waals surface area contributed by atoms with Crippen LogP contribution >= 0.6 is 12.4 Å². The highest BCUT2D eigenvalue weighted by atomic mass is 35.5. The summed E-state index contributed by atoms with van der Waals surface area (Å²) < 4.78 is 5.14. The highest BCUT2D eigenvalue weighted by molar-refractivity contribution is 5.85. The van der Waals surface area contributed by atoms with Crippen LogP contribution in [-0.2, 0) is 6.42 Å². The zero-order valence-corrected chi connectivity index (χ0v) is 8.65. The summed E-state index contributed by atoms with van der Waals surface area (Å²) in [5.41, 5.74) is 4.68. The summed E-state index contributed by atoms with van der Waals surface area (Å²) in [5.74, 6) is 6.16. The number of nitrogens with two attached hydrogens (primary N) is 1. The number of methoxy groups -OCH3 is 1. The van der Waals surface area contributed by atoms with Crippen molar-refractivity contribution < 1.29 is 4.74 Å². The van der Waals surface area contributed by atoms with Crippen LogP contribution in [0.3, 0.4) is 0 Å². The Morgan fingerprint density at radius 2 is 2.15 bits per heavy atom. The Balaban J connectivity index is 0.00000144. The van der Waals surface area contributed by atoms with Crippen LogP contribution < -0.4 is 16.0 Å². The zero-order valence-electron chi connectivity index (χ0n) is 7.83. The number of benzene rings is 1. The molecule has 3 N–H and O–H groups in total. The van der Waals surface area contributed by atoms with Crippen molar-refractivity contribution in [1.29, 1.82) is 0 Å². The Hall–Kier alpha value is -0.930. The summed E-state index contributed by atoms with van der Waals surface area (Å²) in [7, 11) is 1.63. The summed E-state index contributed by atoms with van der Waals surface area (Å²) in [5, 5.41) is 0. The first-order valence-electron chi connectivity index (χ1n) is 3.96. The van der Waals surface area contributed by atoms with E-state index in [1.165, 1.54) is 0 Å². The van der Waals surface area contributed by atoms with Gasteiger partial charge in [0.1, 0.15) is 5.75 Å². The van der Waals surface area contributed by atoms with Crippen molar-refractivity contribution in [3.8, 4) is 5.75 Å². The first kappa shape index (κ1) is 12.1. The van der Waals surface area contributed by atoms with Gasteiger partial charge in [0.15, 0.2) is 0 Å². The molecule has 3 nitrogen and oxygen atoms in total. The molecule has 0 aromatic heterocycles. The van der Waals surface area contributed by atoms with Crippen molar-refractivity contribution in [3.05, 3.63) is 23.8 Å². The quantitative estimate of drug-likeness (QED) is 0.582. The van der Waals surface area contributed by atoms with Gasteiger partial charge >= 0.3 is 0 Å². The molecule has 0 radical (unpaired) electrons. The SMILES string of the molecule is CCc1cccc(OC)c1NN.Cl. The van der Waals surface area contributed by atoms with Gasteiger partial charge in [-0.3, -0.25) is 5.84 Å². The van der Waals surface area contributed by atoms with Gasteiger partial charge in [-0.2, -0.15) is 0 Å². The van der Waals surface area contributed by atoms with Crippen molar-refractivity contribution in [2.45, 2.75) is 13.3 Å². The predicted octanol–water partition coefficient (Wildman–Crippen LogP) is 1.96. The molecule has 0 aliphatic carbocycles. The Morgan fingerprint density at radius 3 is 2.62 bits per heavy atom. The van der Waals surface area contributed by atoms with Gasteiger partial charge in [-0.15, -0.1) is 12.4 Å². The van der Waals surface area contributed by atoms with Crippen LogP contribution in [0.2, 0.25) is 0 Å². The smallest absolute Gasteiger partial charge is 0.143 e. The highest BCUT2D eigenvalue weighted by Gasteiger charge is 2.04. The molecule has 0 fully saturated rings. The lowest BCUT2D eigenvalue weighted by atomic mass is 10.1. The zero-order chi connectivity index (χ0) is 8.97. The van der Waals surface area contributed by atoms with E-state index in [1.54, 1.807) is 7.11 Å². The van der Waals surface area contributed by atoms with Crippen molar-refractivity contribution in [3.63, 3.8) is 0 Å². The first-order chi connectivity index (χ1) is 5.83. The number of rotatable bonds is 3. The number of para-hydroxylation sites is 1. The average Bonchev–Trinajstić information content (AvgIpc) is 2.16. The van der Waals surface area contributed by atoms with Gasteiger partial charge in [0.2, 0.25) is 0 Å². The minimum atomic E-state index is 0. The van der Waals surface area contributed by atoms with Gasteiger partial charge in [0.05, 0.1) is 12.8 Å². The molecule has 0 amide bonds. The lowest BCUT2D eigenvalue weighted by Gasteiger charge is -2.11. The molecule has 0 spiro atoms. The van der Waals surface area contributed by atoms with Gasteiger partial charge in [-0.1, -0.05) is 19.1 Å². The fourth-order valence-electron chi connectivity index (χ4n) is 1.21. The number of hydrazine groups is 1. The maximum absolute atomic E-state index is 5.37. The molecule has 0 saturated carbocycles. The maximum Gasteiger partial charge on any atom is 0.143 e. The van der Waals surface area contributed by atoms with Crippen molar-refractivity contribution in [2.24, 2.45) is 5.84 Å². The molecule has 1 rings (SSSR count). The van der Waals surface area contributed by atoms with Crippen molar-refractivity contribution in [1.82, 2.24) is 0 Å². The van der Waals surface area contributed by atoms with Crippen LogP contribution in [0.1, 0.15) is 12.5 Å². The molecule has 1 aromatic carbocycles. The summed E-state index contributed by atoms with van der Waals surface area (Å²) >= 11 is 0. The monoisotopic (exact) mass is 202 g/mol. The van der Waals surface area contributed by atoms with E-state index < -0.39 is 0 Å². The number of aryl methyl sites for hydroxylation is 1. The molecule has 0 bridgehead atoms. The molecule has 0 aliphatic heterocycles. The minimum Gasteiger partial charge on any atom is -0.495 e. The summed E-state index contributed by atoms with van der Waals surface area (Å²) in [4.78, 5) is 0. The number of anilines is 1. The lowest BCUT2D eigenvalue weighted by Crippen LogP contribution is -2.10. The second-order valence-corrected chi connectivity index (χ2v) is 2.49. The van der Waals surface area contributed by atoms with E-state index in [1.807, 2.05) is 18.2 Å². The second kappa shape index (κ2) is 5.67. The molecule has 0 atom stereocenters. The van der Waals surface area contributed by atoms with E-state index in [2.05, 4.69) is 12.3 Å². The molecule has 13 heavy (non-hydrogen) atoms. The second-order valence-electron chi connectivity index (χ2n) is 2.49. The van der Waals surface area contributed by atoms with Crippen LogP contribution in [-0.4, -0.2) is 7.11 Å². The van der Waals surface area contributed by atoms with E-state index in [9.17, 15) is 0 Å². The Morgan fingerprint density at radius 1 is 1.46 bits per heavy atom. The normalized spacial score (nSPS) is 8.85. The van der Waals surface area contributed by atoms with Gasteiger partial charge in [0.25, 0.3) is 0 Å². The Kier molecular flexibility index (Phi) is 5.26. The molecule has 0 aliphatic rings. The lowest BCUT2D eigenvalue weighted by molar-refractivity contribution is 0.416. The summed E-state index contributed by atoms with van der Waals surface area (Å²) in [6, 6.07) is 5.87. The van der Waals surface area contributed by atoms with E-state index in [-0.39, 0.29) is 12.4 Å². The third kappa shape index (κ3) is 2.50. The average molecular weight is 203 g/mol. The van der Waals surface area contributed by atoms with Crippen molar-refractivity contribution in [2.75, 3.05) is 12.5 Å². The standard InChI is InChI=1S/C9H14N2O.ClH/c1-3-7-5-4-6-8(12-2)9(7)11-10;/h4-6,11H,3,10H2,1-2H3;1H. The largest absolute Gasteiger partial charge is 0.495 e. The molecule has 1 aromatic rings. The Labute approximate surface area is 84.7 Å². The van der Waals surface area contributed by atoms with E-state index in [4.69, 9.17) is 10.6 Å². The molecular formula is C9H15ClN2O. The first-order valence-corrected chi connectivity index (χ1v) is 3.96. The van der Waals surface area contributed by atoms with E-state index >= 15 is 0 Å². The van der Waals surface area contributed by atoms with Gasteiger partial charge in [-0.25, -0.2) is 0 Å². The molecule has 4 heteroatoms. The fraction of sp³-hybridized carbons (Fsp3) is 0.333. The number of nitrogen functional groups attached to an aromatic ring is 1. The third-order valence-corrected chi connectivity index (χ3v) is 1.86. The van der Waals surface area contributed by atoms with Crippen LogP contribution in [0.4, 0.5) is 5.69 Å². The van der Waals surface area contributed by atoms with Crippen LogP contribution in [0.25, 0.3) is 0 Å².